The Hall–Kier alpha value is -2.89. The van der Waals surface area contributed by atoms with Crippen molar-refractivity contribution >= 4 is 23.2 Å². The molecule has 0 saturated heterocycles. The van der Waals surface area contributed by atoms with Crippen LogP contribution in [-0.2, 0) is 11.3 Å². The van der Waals surface area contributed by atoms with Gasteiger partial charge >= 0.3 is 0 Å². The first-order chi connectivity index (χ1) is 14.4. The third-order valence-electron chi connectivity index (χ3n) is 5.27. The van der Waals surface area contributed by atoms with Gasteiger partial charge in [-0.1, -0.05) is 33.8 Å². The minimum atomic E-state index is -0.495. The second kappa shape index (κ2) is 9.94. The summed E-state index contributed by atoms with van der Waals surface area (Å²) < 4.78 is 13.5. The summed E-state index contributed by atoms with van der Waals surface area (Å²) in [4.78, 5) is 29.6. The number of amides is 2. The monoisotopic (exact) mass is 427 g/mol. The third-order valence-corrected chi connectivity index (χ3v) is 5.27. The molecule has 0 fully saturated rings. The van der Waals surface area contributed by atoms with E-state index in [0.29, 0.717) is 12.2 Å². The molecule has 0 aliphatic rings. The van der Waals surface area contributed by atoms with Crippen LogP contribution in [0.15, 0.2) is 42.5 Å². The van der Waals surface area contributed by atoms with Gasteiger partial charge in [0, 0.05) is 49.0 Å². The molecule has 1 N–H and O–H groups in total. The average molecular weight is 428 g/mol. The molecule has 5 nitrogen and oxygen atoms in total. The van der Waals surface area contributed by atoms with Crippen LogP contribution in [0.3, 0.4) is 0 Å². The molecule has 31 heavy (non-hydrogen) atoms. The second-order valence-electron chi connectivity index (χ2n) is 9.14. The van der Waals surface area contributed by atoms with E-state index in [2.05, 4.69) is 19.2 Å². The highest BCUT2D eigenvalue weighted by atomic mass is 19.1. The fraction of sp³-hybridized carbons (Fsp3) is 0.440. The van der Waals surface area contributed by atoms with Gasteiger partial charge in [-0.2, -0.15) is 0 Å². The molecule has 2 aromatic rings. The zero-order valence-corrected chi connectivity index (χ0v) is 19.6. The first-order valence-corrected chi connectivity index (χ1v) is 10.6. The minimum absolute atomic E-state index is 0.0762. The van der Waals surface area contributed by atoms with Crippen molar-refractivity contribution < 1.29 is 14.0 Å². The Morgan fingerprint density at radius 3 is 2.32 bits per heavy atom. The maximum atomic E-state index is 13.5. The van der Waals surface area contributed by atoms with Crippen LogP contribution < -0.4 is 10.2 Å². The van der Waals surface area contributed by atoms with E-state index in [1.54, 1.807) is 6.07 Å². The second-order valence-corrected chi connectivity index (χ2v) is 9.14. The number of benzene rings is 2. The molecule has 0 spiro atoms. The van der Waals surface area contributed by atoms with Crippen LogP contribution >= 0.6 is 0 Å². The van der Waals surface area contributed by atoms with Gasteiger partial charge in [0.2, 0.25) is 5.91 Å². The van der Waals surface area contributed by atoms with Gasteiger partial charge in [-0.05, 0) is 55.3 Å². The van der Waals surface area contributed by atoms with Crippen LogP contribution in [0.5, 0.6) is 0 Å². The lowest BCUT2D eigenvalue weighted by Gasteiger charge is -2.35. The molecule has 0 aromatic heterocycles. The van der Waals surface area contributed by atoms with Crippen molar-refractivity contribution in [3.05, 3.63) is 59.4 Å². The van der Waals surface area contributed by atoms with Crippen LogP contribution in [0, 0.1) is 11.2 Å². The largest absolute Gasteiger partial charge is 0.377 e. The maximum Gasteiger partial charge on any atom is 0.255 e. The summed E-state index contributed by atoms with van der Waals surface area (Å²) in [5.41, 5.74) is 2.26. The van der Waals surface area contributed by atoms with E-state index in [0.717, 1.165) is 17.7 Å². The molecule has 2 aromatic carbocycles. The van der Waals surface area contributed by atoms with Crippen molar-refractivity contribution in [2.24, 2.45) is 5.41 Å². The number of hydrogen-bond donors (Lipinski definition) is 1. The fourth-order valence-corrected chi connectivity index (χ4v) is 3.32. The summed E-state index contributed by atoms with van der Waals surface area (Å²) in [6.07, 6.45) is 0.842. The molecule has 2 rings (SSSR count). The molecule has 168 valence electrons. The van der Waals surface area contributed by atoms with E-state index in [9.17, 15) is 14.0 Å². The molecular weight excluding hydrogens is 393 g/mol. The van der Waals surface area contributed by atoms with Crippen molar-refractivity contribution in [2.75, 3.05) is 24.3 Å². The number of carbonyl (C=O) groups is 2. The van der Waals surface area contributed by atoms with Gasteiger partial charge in [0.1, 0.15) is 5.82 Å². The zero-order chi connectivity index (χ0) is 23.3. The van der Waals surface area contributed by atoms with Crippen LogP contribution in [0.2, 0.25) is 0 Å². The van der Waals surface area contributed by atoms with Gasteiger partial charge in [-0.25, -0.2) is 4.39 Å². The number of anilines is 2. The summed E-state index contributed by atoms with van der Waals surface area (Å²) in [5, 5.41) is 2.84. The molecule has 0 bridgehead atoms. The molecular formula is C25H34FN3O2. The smallest absolute Gasteiger partial charge is 0.255 e. The zero-order valence-electron chi connectivity index (χ0n) is 19.6. The van der Waals surface area contributed by atoms with E-state index in [1.807, 2.05) is 62.9 Å². The molecule has 0 aliphatic carbocycles. The van der Waals surface area contributed by atoms with Crippen LogP contribution in [-0.4, -0.2) is 36.9 Å². The van der Waals surface area contributed by atoms with Crippen molar-refractivity contribution in [1.29, 1.82) is 0 Å². The first-order valence-electron chi connectivity index (χ1n) is 10.6. The van der Waals surface area contributed by atoms with Gasteiger partial charge in [0.25, 0.3) is 5.91 Å². The number of carbonyl (C=O) groups excluding carboxylic acids is 2. The molecule has 2 amide bonds. The van der Waals surface area contributed by atoms with Gasteiger partial charge in [0.05, 0.1) is 0 Å². The third kappa shape index (κ3) is 6.29. The van der Waals surface area contributed by atoms with Gasteiger partial charge in [-0.15, -0.1) is 0 Å². The molecule has 0 radical (unpaired) electrons. The summed E-state index contributed by atoms with van der Waals surface area (Å²) >= 11 is 0. The minimum Gasteiger partial charge on any atom is -0.377 e. The Kier molecular flexibility index (Phi) is 7.82. The number of rotatable bonds is 7. The highest BCUT2D eigenvalue weighted by molar-refractivity contribution is 6.04. The normalized spacial score (nSPS) is 12.3. The quantitative estimate of drug-likeness (QED) is 0.651. The molecule has 0 aliphatic heterocycles. The van der Waals surface area contributed by atoms with Crippen molar-refractivity contribution in [1.82, 2.24) is 4.90 Å². The Bertz CT molecular complexity index is 935. The van der Waals surface area contributed by atoms with E-state index < -0.39 is 11.2 Å². The standard InChI is InChI=1S/C25H34FN3O2/c1-8-17(2)29(24(31)25(3,4)5)16-19-15-21(12-13-22(19)28(6)7)27-23(30)18-10-9-11-20(26)14-18/h9-15,17H,8,16H2,1-7H3,(H,27,30)/t17-/m1/s1. The molecule has 0 heterocycles. The predicted molar refractivity (Wildman–Crippen MR) is 125 cm³/mol. The number of hydrogen-bond acceptors (Lipinski definition) is 3. The summed E-state index contributed by atoms with van der Waals surface area (Å²) in [7, 11) is 3.89. The van der Waals surface area contributed by atoms with Crippen molar-refractivity contribution in [3.8, 4) is 0 Å². The number of nitrogens with one attached hydrogen (secondary N) is 1. The van der Waals surface area contributed by atoms with Gasteiger partial charge < -0.3 is 15.1 Å². The van der Waals surface area contributed by atoms with Crippen LogP contribution in [0.1, 0.15) is 57.0 Å². The SMILES string of the molecule is CC[C@@H](C)N(Cc1cc(NC(=O)c2cccc(F)c2)ccc1N(C)C)C(=O)C(C)(C)C. The Labute approximate surface area is 185 Å². The topological polar surface area (TPSA) is 52.7 Å². The molecule has 0 unspecified atom stereocenters. The van der Waals surface area contributed by atoms with Crippen LogP contribution in [0.25, 0.3) is 0 Å². The van der Waals surface area contributed by atoms with Gasteiger partial charge in [0.15, 0.2) is 0 Å². The number of halogens is 1. The van der Waals surface area contributed by atoms with Gasteiger partial charge in [-0.3, -0.25) is 9.59 Å². The molecule has 0 saturated carbocycles. The summed E-state index contributed by atoms with van der Waals surface area (Å²) in [6.45, 7) is 10.3. The highest BCUT2D eigenvalue weighted by Crippen LogP contribution is 2.28. The number of nitrogens with zero attached hydrogens (tertiary/aromatic N) is 2. The lowest BCUT2D eigenvalue weighted by Crippen LogP contribution is -2.44. The Morgan fingerprint density at radius 1 is 1.10 bits per heavy atom. The highest BCUT2D eigenvalue weighted by Gasteiger charge is 2.30. The van der Waals surface area contributed by atoms with E-state index in [1.165, 1.54) is 18.2 Å². The van der Waals surface area contributed by atoms with E-state index >= 15 is 0 Å². The van der Waals surface area contributed by atoms with Crippen molar-refractivity contribution in [2.45, 2.75) is 53.6 Å². The fourth-order valence-electron chi connectivity index (χ4n) is 3.32. The predicted octanol–water partition coefficient (Wildman–Crippen LogP) is 5.32. The summed E-state index contributed by atoms with van der Waals surface area (Å²) in [5.74, 6) is -0.755. The summed E-state index contributed by atoms with van der Waals surface area (Å²) in [6, 6.07) is 11.3. The van der Waals surface area contributed by atoms with E-state index in [-0.39, 0.29) is 23.4 Å². The average Bonchev–Trinajstić information content (AvgIpc) is 2.70. The van der Waals surface area contributed by atoms with E-state index in [4.69, 9.17) is 0 Å². The first kappa shape index (κ1) is 24.4. The van der Waals surface area contributed by atoms with Crippen LogP contribution in [0.4, 0.5) is 15.8 Å². The maximum absolute atomic E-state index is 13.5. The Morgan fingerprint density at radius 2 is 1.77 bits per heavy atom. The Balaban J connectivity index is 2.38. The van der Waals surface area contributed by atoms with Crippen molar-refractivity contribution in [3.63, 3.8) is 0 Å². The molecule has 1 atom stereocenters. The lowest BCUT2D eigenvalue weighted by molar-refractivity contribution is -0.142. The lowest BCUT2D eigenvalue weighted by atomic mass is 9.93. The molecule has 6 heteroatoms.